The van der Waals surface area contributed by atoms with Gasteiger partial charge in [0.25, 0.3) is 11.8 Å². The van der Waals surface area contributed by atoms with E-state index in [-0.39, 0.29) is 18.4 Å². The van der Waals surface area contributed by atoms with Crippen LogP contribution in [-0.4, -0.2) is 37.7 Å². The Labute approximate surface area is 141 Å². The summed E-state index contributed by atoms with van der Waals surface area (Å²) in [6.45, 7) is 3.22. The monoisotopic (exact) mass is 332 g/mol. The van der Waals surface area contributed by atoms with Gasteiger partial charge in [0.2, 0.25) is 0 Å². The molecule has 0 radical (unpaired) electrons. The molecule has 24 heavy (non-hydrogen) atoms. The molecule has 1 saturated carbocycles. The molecule has 1 heterocycles. The van der Waals surface area contributed by atoms with Gasteiger partial charge in [0.15, 0.2) is 6.61 Å². The Hall–Kier alpha value is -2.08. The van der Waals surface area contributed by atoms with Crippen molar-refractivity contribution in [3.63, 3.8) is 0 Å². The number of hydrogen-bond acceptors (Lipinski definition) is 4. The normalized spacial score (nSPS) is 23.0. The van der Waals surface area contributed by atoms with Crippen LogP contribution in [0, 0.1) is 5.92 Å². The molecule has 1 aliphatic carbocycles. The van der Waals surface area contributed by atoms with E-state index < -0.39 is 0 Å². The number of nitrogens with one attached hydrogen (secondary N) is 2. The van der Waals surface area contributed by atoms with E-state index in [1.165, 1.54) is 19.3 Å². The highest BCUT2D eigenvalue weighted by molar-refractivity contribution is 5.98. The van der Waals surface area contributed by atoms with Gasteiger partial charge < -0.3 is 20.1 Å². The maximum Gasteiger partial charge on any atom is 0.262 e. The summed E-state index contributed by atoms with van der Waals surface area (Å²) in [5.74, 6) is 0.768. The molecule has 1 aliphatic heterocycles. The van der Waals surface area contributed by atoms with Gasteiger partial charge in [-0.1, -0.05) is 19.8 Å². The molecule has 1 aromatic rings. The molecule has 2 unspecified atom stereocenters. The van der Waals surface area contributed by atoms with Crippen LogP contribution in [-0.2, 0) is 9.53 Å². The van der Waals surface area contributed by atoms with Crippen molar-refractivity contribution in [1.82, 2.24) is 5.32 Å². The maximum absolute atomic E-state index is 12.2. The molecule has 2 atom stereocenters. The van der Waals surface area contributed by atoms with Crippen LogP contribution in [0.3, 0.4) is 0 Å². The molecule has 2 amide bonds. The van der Waals surface area contributed by atoms with E-state index in [2.05, 4.69) is 17.6 Å². The lowest BCUT2D eigenvalue weighted by Gasteiger charge is -2.28. The predicted molar refractivity (Wildman–Crippen MR) is 90.3 cm³/mol. The van der Waals surface area contributed by atoms with E-state index in [1.807, 2.05) is 0 Å². The number of benzene rings is 1. The molecule has 6 heteroatoms. The molecule has 1 aromatic carbocycles. The summed E-state index contributed by atoms with van der Waals surface area (Å²) in [4.78, 5) is 23.4. The fourth-order valence-electron chi connectivity index (χ4n) is 3.22. The predicted octanol–water partition coefficient (Wildman–Crippen LogP) is 2.34. The zero-order valence-electron chi connectivity index (χ0n) is 14.0. The lowest BCUT2D eigenvalue weighted by molar-refractivity contribution is -0.118. The minimum Gasteiger partial charge on any atom is -0.482 e. The highest BCUT2D eigenvalue weighted by Gasteiger charge is 2.21. The first kappa shape index (κ1) is 16.8. The van der Waals surface area contributed by atoms with Crippen LogP contribution in [0.15, 0.2) is 18.2 Å². The Morgan fingerprint density at radius 3 is 3.04 bits per heavy atom. The third-order valence-electron chi connectivity index (χ3n) is 4.63. The fraction of sp³-hybridized carbons (Fsp3) is 0.556. The molecule has 6 nitrogen and oxygen atoms in total. The van der Waals surface area contributed by atoms with Crippen molar-refractivity contribution in [2.75, 3.05) is 25.1 Å². The van der Waals surface area contributed by atoms with Crippen LogP contribution >= 0.6 is 0 Å². The van der Waals surface area contributed by atoms with E-state index in [0.717, 1.165) is 6.42 Å². The summed E-state index contributed by atoms with van der Waals surface area (Å²) in [7, 11) is 0. The van der Waals surface area contributed by atoms with Gasteiger partial charge in [-0.2, -0.15) is 0 Å². The van der Waals surface area contributed by atoms with Crippen LogP contribution in [0.2, 0.25) is 0 Å². The number of anilines is 1. The topological polar surface area (TPSA) is 76.7 Å². The van der Waals surface area contributed by atoms with Gasteiger partial charge in [-0.15, -0.1) is 0 Å². The van der Waals surface area contributed by atoms with Crippen molar-refractivity contribution in [2.24, 2.45) is 5.92 Å². The van der Waals surface area contributed by atoms with Crippen molar-refractivity contribution in [1.29, 1.82) is 0 Å². The summed E-state index contributed by atoms with van der Waals surface area (Å²) < 4.78 is 11.2. The Bertz CT molecular complexity index is 617. The summed E-state index contributed by atoms with van der Waals surface area (Å²) in [6, 6.07) is 5.00. The van der Waals surface area contributed by atoms with Crippen molar-refractivity contribution in [2.45, 2.75) is 38.7 Å². The lowest BCUT2D eigenvalue weighted by atomic mass is 9.88. The second-order valence-electron chi connectivity index (χ2n) is 6.47. The zero-order valence-corrected chi connectivity index (χ0v) is 14.0. The van der Waals surface area contributed by atoms with Gasteiger partial charge in [0.05, 0.1) is 18.4 Å². The molecular weight excluding hydrogens is 308 g/mol. The van der Waals surface area contributed by atoms with E-state index >= 15 is 0 Å². The molecule has 1 fully saturated rings. The summed E-state index contributed by atoms with van der Waals surface area (Å²) >= 11 is 0. The summed E-state index contributed by atoms with van der Waals surface area (Å²) in [5.41, 5.74) is 1.10. The number of rotatable bonds is 5. The fourth-order valence-corrected chi connectivity index (χ4v) is 3.22. The van der Waals surface area contributed by atoms with Crippen molar-refractivity contribution in [3.8, 4) is 5.75 Å². The highest BCUT2D eigenvalue weighted by Crippen LogP contribution is 2.28. The first-order valence-corrected chi connectivity index (χ1v) is 8.60. The quantitative estimate of drug-likeness (QED) is 0.812. The molecule has 0 bridgehead atoms. The van der Waals surface area contributed by atoms with E-state index in [1.54, 1.807) is 18.2 Å². The van der Waals surface area contributed by atoms with E-state index in [4.69, 9.17) is 9.47 Å². The molecule has 0 saturated heterocycles. The van der Waals surface area contributed by atoms with Crippen LogP contribution in [0.25, 0.3) is 0 Å². The Balaban J connectivity index is 1.46. The largest absolute Gasteiger partial charge is 0.482 e. The average Bonchev–Trinajstić information content (AvgIpc) is 2.59. The van der Waals surface area contributed by atoms with Gasteiger partial charge in [-0.25, -0.2) is 0 Å². The number of ether oxygens (including phenoxy) is 2. The average molecular weight is 332 g/mol. The molecule has 0 spiro atoms. The molecule has 0 aromatic heterocycles. The first-order valence-electron chi connectivity index (χ1n) is 8.60. The smallest absolute Gasteiger partial charge is 0.262 e. The second kappa shape index (κ2) is 7.66. The lowest BCUT2D eigenvalue weighted by Crippen LogP contribution is -2.32. The molecule has 3 rings (SSSR count). The number of hydrogen-bond donors (Lipinski definition) is 2. The number of fused-ring (bicyclic) bond motifs is 1. The first-order chi connectivity index (χ1) is 11.6. The van der Waals surface area contributed by atoms with Gasteiger partial charge in [-0.05, 0) is 37.0 Å². The minimum atomic E-state index is -0.186. The van der Waals surface area contributed by atoms with Gasteiger partial charge in [-0.3, -0.25) is 9.59 Å². The van der Waals surface area contributed by atoms with Gasteiger partial charge >= 0.3 is 0 Å². The number of amides is 2. The second-order valence-corrected chi connectivity index (χ2v) is 6.47. The SMILES string of the molecule is CC1CCCCC1OCCNC(=O)c1ccc2c(c1)OCC(=O)N2. The Morgan fingerprint density at radius 2 is 2.21 bits per heavy atom. The summed E-state index contributed by atoms with van der Waals surface area (Å²) in [6.07, 6.45) is 5.17. The standard InChI is InChI=1S/C18H24N2O4/c1-12-4-2-3-5-15(12)23-9-8-19-18(22)13-6-7-14-16(10-13)24-11-17(21)20-14/h6-7,10,12,15H,2-5,8-9,11H2,1H3,(H,19,22)(H,20,21). The zero-order chi connectivity index (χ0) is 16.9. The molecule has 2 N–H and O–H groups in total. The Morgan fingerprint density at radius 1 is 1.38 bits per heavy atom. The van der Waals surface area contributed by atoms with Crippen LogP contribution < -0.4 is 15.4 Å². The van der Waals surface area contributed by atoms with Crippen molar-refractivity contribution >= 4 is 17.5 Å². The van der Waals surface area contributed by atoms with Crippen molar-refractivity contribution < 1.29 is 19.1 Å². The van der Waals surface area contributed by atoms with Crippen molar-refractivity contribution in [3.05, 3.63) is 23.8 Å². The summed E-state index contributed by atoms with van der Waals surface area (Å²) in [5, 5.41) is 5.57. The van der Waals surface area contributed by atoms with E-state index in [0.29, 0.717) is 42.2 Å². The maximum atomic E-state index is 12.2. The van der Waals surface area contributed by atoms with Crippen LogP contribution in [0.4, 0.5) is 5.69 Å². The number of carbonyl (C=O) groups is 2. The molecule has 2 aliphatic rings. The molecular formula is C18H24N2O4. The van der Waals surface area contributed by atoms with E-state index in [9.17, 15) is 9.59 Å². The Kier molecular flexibility index (Phi) is 5.35. The molecule has 130 valence electrons. The minimum absolute atomic E-state index is 0.0223. The van der Waals surface area contributed by atoms with Crippen LogP contribution in [0.1, 0.15) is 43.0 Å². The highest BCUT2D eigenvalue weighted by atomic mass is 16.5. The number of carbonyl (C=O) groups excluding carboxylic acids is 2. The third-order valence-corrected chi connectivity index (χ3v) is 4.63. The van der Waals surface area contributed by atoms with Gasteiger partial charge in [0, 0.05) is 12.1 Å². The van der Waals surface area contributed by atoms with Gasteiger partial charge in [0.1, 0.15) is 5.75 Å². The van der Waals surface area contributed by atoms with Crippen LogP contribution in [0.5, 0.6) is 5.75 Å². The third kappa shape index (κ3) is 4.06.